The van der Waals surface area contributed by atoms with E-state index < -0.39 is 5.97 Å². The van der Waals surface area contributed by atoms with Crippen molar-refractivity contribution in [1.29, 1.82) is 0 Å². The summed E-state index contributed by atoms with van der Waals surface area (Å²) in [5.41, 5.74) is 4.52. The Morgan fingerprint density at radius 1 is 0.875 bits per heavy atom. The first-order valence-electron chi connectivity index (χ1n) is 10.0. The molecule has 1 heterocycles. The van der Waals surface area contributed by atoms with Gasteiger partial charge in [-0.2, -0.15) is 0 Å². The Morgan fingerprint density at radius 2 is 1.53 bits per heavy atom. The second-order valence-corrected chi connectivity index (χ2v) is 7.18. The molecule has 4 rings (SSSR count). The topological polar surface area (TPSA) is 94.3 Å². The highest BCUT2D eigenvalue weighted by molar-refractivity contribution is 5.94. The number of hydrogen-bond donors (Lipinski definition) is 1. The molecule has 1 N–H and O–H groups in total. The summed E-state index contributed by atoms with van der Waals surface area (Å²) in [6, 6.07) is 21.6. The number of aromatic nitrogens is 2. The number of hydrogen-bond acceptors (Lipinski definition) is 6. The fourth-order valence-electron chi connectivity index (χ4n) is 3.19. The maximum Gasteiger partial charge on any atom is 0.337 e. The van der Waals surface area contributed by atoms with Gasteiger partial charge in [-0.05, 0) is 60.5 Å². The van der Waals surface area contributed by atoms with Crippen LogP contribution in [-0.2, 0) is 11.3 Å². The number of nitrogens with zero attached hydrogens (tertiary/aromatic N) is 2. The van der Waals surface area contributed by atoms with Crippen molar-refractivity contribution >= 4 is 11.9 Å². The van der Waals surface area contributed by atoms with Crippen LogP contribution >= 0.6 is 0 Å². The molecule has 1 amide bonds. The number of carbonyl (C=O) groups is 2. The van der Waals surface area contributed by atoms with Gasteiger partial charge in [0, 0.05) is 23.2 Å². The van der Waals surface area contributed by atoms with Gasteiger partial charge in [-0.15, -0.1) is 10.2 Å². The first kappa shape index (κ1) is 21.0. The minimum Gasteiger partial charge on any atom is -0.465 e. The number of carbonyl (C=O) groups excluding carboxylic acids is 2. The molecule has 7 nitrogen and oxygen atoms in total. The quantitative estimate of drug-likeness (QED) is 0.458. The summed E-state index contributed by atoms with van der Waals surface area (Å²) in [6.07, 6.45) is 0. The molecular formula is C25H21N3O4. The highest BCUT2D eigenvalue weighted by Crippen LogP contribution is 2.26. The molecule has 0 atom stereocenters. The molecule has 7 heteroatoms. The van der Waals surface area contributed by atoms with Crippen LogP contribution in [-0.4, -0.2) is 29.2 Å². The van der Waals surface area contributed by atoms with E-state index in [9.17, 15) is 9.59 Å². The van der Waals surface area contributed by atoms with E-state index in [2.05, 4.69) is 20.3 Å². The average Bonchev–Trinajstić information content (AvgIpc) is 3.33. The summed E-state index contributed by atoms with van der Waals surface area (Å²) in [4.78, 5) is 24.0. The summed E-state index contributed by atoms with van der Waals surface area (Å²) in [7, 11) is 1.34. The van der Waals surface area contributed by atoms with Crippen LogP contribution in [0.4, 0.5) is 0 Å². The zero-order valence-corrected chi connectivity index (χ0v) is 17.7. The van der Waals surface area contributed by atoms with Gasteiger partial charge in [0.1, 0.15) is 0 Å². The van der Waals surface area contributed by atoms with Gasteiger partial charge in [-0.3, -0.25) is 4.79 Å². The Labute approximate surface area is 185 Å². The molecule has 0 saturated carbocycles. The summed E-state index contributed by atoms with van der Waals surface area (Å²) >= 11 is 0. The number of rotatable bonds is 6. The van der Waals surface area contributed by atoms with Gasteiger partial charge in [0.05, 0.1) is 12.7 Å². The molecule has 0 aliphatic heterocycles. The standard InChI is InChI=1S/C25H21N3O4/c1-16-5-3-4-6-21(16)24-28-27-23(32-24)19-13-11-18(12-14-19)22(29)26-15-17-7-9-20(10-8-17)25(30)31-2/h3-14H,15H2,1-2H3,(H,26,29). The minimum atomic E-state index is -0.395. The number of methoxy groups -OCH3 is 1. The van der Waals surface area contributed by atoms with Crippen LogP contribution in [0.1, 0.15) is 31.8 Å². The van der Waals surface area contributed by atoms with Crippen LogP contribution in [0, 0.1) is 6.92 Å². The van der Waals surface area contributed by atoms with Crippen molar-refractivity contribution in [3.05, 3.63) is 95.1 Å². The van der Waals surface area contributed by atoms with Crippen molar-refractivity contribution in [2.24, 2.45) is 0 Å². The third-order valence-electron chi connectivity index (χ3n) is 5.02. The molecule has 32 heavy (non-hydrogen) atoms. The lowest BCUT2D eigenvalue weighted by Crippen LogP contribution is -2.22. The Hall–Kier alpha value is -4.26. The number of amides is 1. The molecule has 0 aliphatic carbocycles. The molecule has 0 unspecified atom stereocenters. The molecule has 0 bridgehead atoms. The van der Waals surface area contributed by atoms with Crippen molar-refractivity contribution < 1.29 is 18.7 Å². The van der Waals surface area contributed by atoms with E-state index >= 15 is 0 Å². The fourth-order valence-corrected chi connectivity index (χ4v) is 3.19. The smallest absolute Gasteiger partial charge is 0.337 e. The van der Waals surface area contributed by atoms with Crippen molar-refractivity contribution in [2.75, 3.05) is 7.11 Å². The van der Waals surface area contributed by atoms with Gasteiger partial charge in [-0.1, -0.05) is 30.3 Å². The van der Waals surface area contributed by atoms with Gasteiger partial charge in [0.25, 0.3) is 5.91 Å². The van der Waals surface area contributed by atoms with E-state index in [0.29, 0.717) is 29.5 Å². The molecule has 3 aromatic carbocycles. The minimum absolute atomic E-state index is 0.209. The number of benzene rings is 3. The molecule has 1 aromatic heterocycles. The molecule has 4 aromatic rings. The maximum atomic E-state index is 12.5. The Bertz CT molecular complexity index is 1240. The average molecular weight is 427 g/mol. The largest absolute Gasteiger partial charge is 0.465 e. The third-order valence-corrected chi connectivity index (χ3v) is 5.02. The molecule has 0 spiro atoms. The predicted molar refractivity (Wildman–Crippen MR) is 119 cm³/mol. The van der Waals surface area contributed by atoms with E-state index in [4.69, 9.17) is 4.42 Å². The molecule has 0 radical (unpaired) electrons. The Morgan fingerprint density at radius 3 is 2.22 bits per heavy atom. The van der Waals surface area contributed by atoms with E-state index in [1.807, 2.05) is 31.2 Å². The monoisotopic (exact) mass is 427 g/mol. The molecule has 0 fully saturated rings. The van der Waals surface area contributed by atoms with Gasteiger partial charge in [0.2, 0.25) is 11.8 Å². The summed E-state index contributed by atoms with van der Waals surface area (Å²) in [6.45, 7) is 2.32. The number of esters is 1. The number of aryl methyl sites for hydroxylation is 1. The second-order valence-electron chi connectivity index (χ2n) is 7.18. The van der Waals surface area contributed by atoms with E-state index in [1.165, 1.54) is 7.11 Å². The van der Waals surface area contributed by atoms with Crippen molar-refractivity contribution in [2.45, 2.75) is 13.5 Å². The first-order valence-corrected chi connectivity index (χ1v) is 10.0. The van der Waals surface area contributed by atoms with Crippen LogP contribution in [0.15, 0.2) is 77.2 Å². The van der Waals surface area contributed by atoms with Crippen LogP contribution in [0.5, 0.6) is 0 Å². The SMILES string of the molecule is COC(=O)c1ccc(CNC(=O)c2ccc(-c3nnc(-c4ccccc4C)o3)cc2)cc1. The summed E-state index contributed by atoms with van der Waals surface area (Å²) < 4.78 is 10.5. The van der Waals surface area contributed by atoms with Crippen LogP contribution in [0.25, 0.3) is 22.9 Å². The van der Waals surface area contributed by atoms with Gasteiger partial charge in [-0.25, -0.2) is 4.79 Å². The Kier molecular flexibility index (Phi) is 6.07. The lowest BCUT2D eigenvalue weighted by Gasteiger charge is -2.07. The van der Waals surface area contributed by atoms with Gasteiger partial charge in [0.15, 0.2) is 0 Å². The van der Waals surface area contributed by atoms with Crippen LogP contribution < -0.4 is 5.32 Å². The lowest BCUT2D eigenvalue weighted by atomic mass is 10.1. The van der Waals surface area contributed by atoms with Crippen molar-refractivity contribution in [1.82, 2.24) is 15.5 Å². The highest BCUT2D eigenvalue weighted by atomic mass is 16.5. The zero-order chi connectivity index (χ0) is 22.5. The molecule has 0 saturated heterocycles. The highest BCUT2D eigenvalue weighted by Gasteiger charge is 2.13. The van der Waals surface area contributed by atoms with Crippen LogP contribution in [0.3, 0.4) is 0 Å². The van der Waals surface area contributed by atoms with E-state index in [0.717, 1.165) is 22.3 Å². The molecular weight excluding hydrogens is 406 g/mol. The normalized spacial score (nSPS) is 10.6. The summed E-state index contributed by atoms with van der Waals surface area (Å²) in [5, 5.41) is 11.1. The van der Waals surface area contributed by atoms with Crippen LogP contribution in [0.2, 0.25) is 0 Å². The van der Waals surface area contributed by atoms with Crippen molar-refractivity contribution in [3.8, 4) is 22.9 Å². The first-order chi connectivity index (χ1) is 15.5. The van der Waals surface area contributed by atoms with Gasteiger partial charge < -0.3 is 14.5 Å². The fraction of sp³-hybridized carbons (Fsp3) is 0.120. The third kappa shape index (κ3) is 4.57. The maximum absolute atomic E-state index is 12.5. The zero-order valence-electron chi connectivity index (χ0n) is 17.7. The van der Waals surface area contributed by atoms with E-state index in [1.54, 1.807) is 48.5 Å². The van der Waals surface area contributed by atoms with E-state index in [-0.39, 0.29) is 5.91 Å². The lowest BCUT2D eigenvalue weighted by molar-refractivity contribution is 0.0600. The summed E-state index contributed by atoms with van der Waals surface area (Å²) in [5.74, 6) is 0.242. The van der Waals surface area contributed by atoms with Gasteiger partial charge >= 0.3 is 5.97 Å². The molecule has 160 valence electrons. The van der Waals surface area contributed by atoms with Crippen molar-refractivity contribution in [3.63, 3.8) is 0 Å². The number of ether oxygens (including phenoxy) is 1. The number of nitrogens with one attached hydrogen (secondary N) is 1. The second kappa shape index (κ2) is 9.26. The predicted octanol–water partition coefficient (Wildman–Crippen LogP) is 4.43. The Balaban J connectivity index is 1.40. The molecule has 0 aliphatic rings.